The van der Waals surface area contributed by atoms with Gasteiger partial charge in [-0.2, -0.15) is 0 Å². The van der Waals surface area contributed by atoms with Crippen LogP contribution in [0.15, 0.2) is 39.7 Å². The van der Waals surface area contributed by atoms with Gasteiger partial charge in [-0.15, -0.1) is 0 Å². The first-order chi connectivity index (χ1) is 12.8. The fourth-order valence-corrected chi connectivity index (χ4v) is 4.21. The lowest BCUT2D eigenvalue weighted by molar-refractivity contribution is -0.123. The third-order valence-corrected chi connectivity index (χ3v) is 5.88. The highest BCUT2D eigenvalue weighted by molar-refractivity contribution is 9.10. The molecular formula is C18H12BrCl2NO4S. The zero-order valence-electron chi connectivity index (χ0n) is 13.8. The number of thioether (sulfide) groups is 1. The number of phenols is 1. The number of amides is 2. The predicted molar refractivity (Wildman–Crippen MR) is 110 cm³/mol. The minimum atomic E-state index is -0.417. The molecule has 1 saturated heterocycles. The van der Waals surface area contributed by atoms with E-state index in [1.165, 1.54) is 7.11 Å². The number of carbonyl (C=O) groups is 2. The summed E-state index contributed by atoms with van der Waals surface area (Å²) < 4.78 is 5.51. The smallest absolute Gasteiger partial charge is 0.293 e. The van der Waals surface area contributed by atoms with E-state index in [2.05, 4.69) is 15.9 Å². The fraction of sp³-hybridized carbons (Fsp3) is 0.111. The van der Waals surface area contributed by atoms with Crippen molar-refractivity contribution in [2.45, 2.75) is 6.54 Å². The fourth-order valence-electron chi connectivity index (χ4n) is 2.44. The summed E-state index contributed by atoms with van der Waals surface area (Å²) in [5, 5.41) is 10.4. The highest BCUT2D eigenvalue weighted by Crippen LogP contribution is 2.38. The van der Waals surface area contributed by atoms with Crippen LogP contribution in [0.25, 0.3) is 6.08 Å². The third kappa shape index (κ3) is 4.27. The van der Waals surface area contributed by atoms with E-state index >= 15 is 0 Å². The van der Waals surface area contributed by atoms with Gasteiger partial charge in [-0.05, 0) is 69.2 Å². The van der Waals surface area contributed by atoms with E-state index in [0.717, 1.165) is 16.7 Å². The maximum atomic E-state index is 12.7. The minimum absolute atomic E-state index is 0.0415. The molecular weight excluding hydrogens is 477 g/mol. The van der Waals surface area contributed by atoms with E-state index < -0.39 is 5.91 Å². The highest BCUT2D eigenvalue weighted by atomic mass is 79.9. The van der Waals surface area contributed by atoms with Crippen LogP contribution in [0.2, 0.25) is 10.0 Å². The van der Waals surface area contributed by atoms with Crippen molar-refractivity contribution in [2.24, 2.45) is 0 Å². The van der Waals surface area contributed by atoms with Crippen molar-refractivity contribution in [1.82, 2.24) is 4.90 Å². The Kier molecular flexibility index (Phi) is 6.05. The van der Waals surface area contributed by atoms with Gasteiger partial charge in [0, 0.05) is 10.0 Å². The SMILES string of the molecule is COc1cc(/C=C2\SC(=O)N(Cc3ccc(Cl)cc3Cl)C2=O)cc(Br)c1O. The molecule has 1 aliphatic heterocycles. The monoisotopic (exact) mass is 487 g/mol. The topological polar surface area (TPSA) is 66.8 Å². The number of phenolic OH excluding ortho intramolecular Hbond substituents is 1. The molecule has 5 nitrogen and oxygen atoms in total. The number of hydrogen-bond donors (Lipinski definition) is 1. The molecule has 1 heterocycles. The molecule has 0 unspecified atom stereocenters. The van der Waals surface area contributed by atoms with Crippen LogP contribution in [0.4, 0.5) is 4.79 Å². The molecule has 0 saturated carbocycles. The van der Waals surface area contributed by atoms with E-state index in [1.54, 1.807) is 36.4 Å². The van der Waals surface area contributed by atoms with Gasteiger partial charge < -0.3 is 9.84 Å². The van der Waals surface area contributed by atoms with E-state index in [-0.39, 0.29) is 28.2 Å². The summed E-state index contributed by atoms with van der Waals surface area (Å²) in [5.74, 6) is -0.206. The summed E-state index contributed by atoms with van der Waals surface area (Å²) in [5.41, 5.74) is 1.23. The molecule has 140 valence electrons. The molecule has 9 heteroatoms. The summed E-state index contributed by atoms with van der Waals surface area (Å²) >= 11 is 16.1. The number of rotatable bonds is 4. The lowest BCUT2D eigenvalue weighted by Gasteiger charge is -2.13. The summed E-state index contributed by atoms with van der Waals surface area (Å²) in [7, 11) is 1.43. The quantitative estimate of drug-likeness (QED) is 0.558. The van der Waals surface area contributed by atoms with E-state index in [4.69, 9.17) is 27.9 Å². The molecule has 0 atom stereocenters. The molecule has 1 fully saturated rings. The number of nitrogens with zero attached hydrogens (tertiary/aromatic N) is 1. The number of benzene rings is 2. The van der Waals surface area contributed by atoms with Crippen LogP contribution in [0.3, 0.4) is 0 Å². The summed E-state index contributed by atoms with van der Waals surface area (Å²) in [4.78, 5) is 26.4. The zero-order valence-corrected chi connectivity index (χ0v) is 17.7. The number of hydrogen-bond acceptors (Lipinski definition) is 5. The minimum Gasteiger partial charge on any atom is -0.503 e. The first kappa shape index (κ1) is 20.1. The van der Waals surface area contributed by atoms with Crippen LogP contribution in [0.5, 0.6) is 11.5 Å². The van der Waals surface area contributed by atoms with Crippen LogP contribution >= 0.6 is 50.9 Å². The Hall–Kier alpha value is -1.67. The molecule has 2 aromatic rings. The Labute approximate surface area is 178 Å². The van der Waals surface area contributed by atoms with Crippen molar-refractivity contribution in [3.05, 3.63) is 60.9 Å². The van der Waals surface area contributed by atoms with Gasteiger partial charge in [0.2, 0.25) is 0 Å². The number of methoxy groups -OCH3 is 1. The maximum absolute atomic E-state index is 12.7. The molecule has 27 heavy (non-hydrogen) atoms. The summed E-state index contributed by atoms with van der Waals surface area (Å²) in [6, 6.07) is 8.09. The van der Waals surface area contributed by atoms with Gasteiger partial charge in [0.1, 0.15) is 0 Å². The Morgan fingerprint density at radius 3 is 2.67 bits per heavy atom. The highest BCUT2D eigenvalue weighted by Gasteiger charge is 2.35. The first-order valence-electron chi connectivity index (χ1n) is 7.56. The van der Waals surface area contributed by atoms with Crippen LogP contribution in [-0.4, -0.2) is 28.3 Å². The Balaban J connectivity index is 1.87. The largest absolute Gasteiger partial charge is 0.503 e. The van der Waals surface area contributed by atoms with E-state index in [1.807, 2.05) is 0 Å². The van der Waals surface area contributed by atoms with Gasteiger partial charge in [-0.1, -0.05) is 29.3 Å². The zero-order chi connectivity index (χ0) is 19.7. The number of carbonyl (C=O) groups excluding carboxylic acids is 2. The number of imide groups is 1. The van der Waals surface area contributed by atoms with Crippen molar-refractivity contribution in [1.29, 1.82) is 0 Å². The van der Waals surface area contributed by atoms with Crippen LogP contribution in [-0.2, 0) is 11.3 Å². The third-order valence-electron chi connectivity index (χ3n) is 3.79. The Morgan fingerprint density at radius 1 is 1.26 bits per heavy atom. The van der Waals surface area contributed by atoms with E-state index in [9.17, 15) is 14.7 Å². The number of halogens is 3. The average molecular weight is 489 g/mol. The summed E-state index contributed by atoms with van der Waals surface area (Å²) in [6.07, 6.45) is 1.57. The number of aromatic hydroxyl groups is 1. The van der Waals surface area contributed by atoms with Gasteiger partial charge in [-0.3, -0.25) is 14.5 Å². The molecule has 0 radical (unpaired) electrons. The molecule has 2 aromatic carbocycles. The van der Waals surface area contributed by atoms with Crippen molar-refractivity contribution in [2.75, 3.05) is 7.11 Å². The molecule has 3 rings (SSSR count). The van der Waals surface area contributed by atoms with Crippen molar-refractivity contribution in [3.8, 4) is 11.5 Å². The molecule has 0 bridgehead atoms. The first-order valence-corrected chi connectivity index (χ1v) is 9.92. The van der Waals surface area contributed by atoms with E-state index in [0.29, 0.717) is 25.6 Å². The van der Waals surface area contributed by atoms with Gasteiger partial charge in [0.15, 0.2) is 11.5 Å². The predicted octanol–water partition coefficient (Wildman–Crippen LogP) is 5.71. The number of ether oxygens (including phenoxy) is 1. The van der Waals surface area contributed by atoms with Crippen LogP contribution in [0, 0.1) is 0 Å². The Bertz CT molecular complexity index is 980. The van der Waals surface area contributed by atoms with Gasteiger partial charge in [0.05, 0.1) is 23.0 Å². The molecule has 1 N–H and O–H groups in total. The molecule has 0 aromatic heterocycles. The van der Waals surface area contributed by atoms with Crippen molar-refractivity contribution in [3.63, 3.8) is 0 Å². The molecule has 2 amide bonds. The normalized spacial score (nSPS) is 15.7. The lowest BCUT2D eigenvalue weighted by Crippen LogP contribution is -2.27. The lowest BCUT2D eigenvalue weighted by atomic mass is 10.1. The molecule has 0 aliphatic carbocycles. The van der Waals surface area contributed by atoms with Crippen LogP contribution < -0.4 is 4.74 Å². The standard InChI is InChI=1S/C18H12BrCl2NO4S/c1-26-14-5-9(4-12(19)16(14)23)6-15-17(24)22(18(25)27-15)8-10-2-3-11(20)7-13(10)21/h2-7,23H,8H2,1H3/b15-6-. The summed E-state index contributed by atoms with van der Waals surface area (Å²) in [6.45, 7) is 0.0562. The van der Waals surface area contributed by atoms with Gasteiger partial charge >= 0.3 is 0 Å². The average Bonchev–Trinajstić information content (AvgIpc) is 2.87. The maximum Gasteiger partial charge on any atom is 0.293 e. The van der Waals surface area contributed by atoms with Gasteiger partial charge in [0.25, 0.3) is 11.1 Å². The Morgan fingerprint density at radius 2 is 2.00 bits per heavy atom. The second-order valence-corrected chi connectivity index (χ2v) is 8.25. The molecule has 1 aliphatic rings. The van der Waals surface area contributed by atoms with Crippen LogP contribution in [0.1, 0.15) is 11.1 Å². The second kappa shape index (κ2) is 8.14. The van der Waals surface area contributed by atoms with Crippen molar-refractivity contribution < 1.29 is 19.4 Å². The molecule has 0 spiro atoms. The van der Waals surface area contributed by atoms with Gasteiger partial charge in [-0.25, -0.2) is 0 Å². The second-order valence-electron chi connectivity index (χ2n) is 5.56. The van der Waals surface area contributed by atoms with Crippen molar-refractivity contribution >= 4 is 68.1 Å².